The molecule has 0 aromatic heterocycles. The Bertz CT molecular complexity index is 653. The molecule has 0 aromatic carbocycles. The van der Waals surface area contributed by atoms with Crippen LogP contribution >= 0.6 is 0 Å². The van der Waals surface area contributed by atoms with E-state index in [-0.39, 0.29) is 0 Å². The van der Waals surface area contributed by atoms with E-state index in [1.54, 1.807) is 0 Å². The average Bonchev–Trinajstić information content (AvgIpc) is 3.04. The van der Waals surface area contributed by atoms with Gasteiger partial charge in [-0.15, -0.1) is 0 Å². The Balaban J connectivity index is 1.54. The summed E-state index contributed by atoms with van der Waals surface area (Å²) < 4.78 is 0. The molecule has 31 heavy (non-hydrogen) atoms. The second-order valence-electron chi connectivity index (χ2n) is 13.9. The van der Waals surface area contributed by atoms with Crippen LogP contribution in [0.25, 0.3) is 0 Å². The van der Waals surface area contributed by atoms with Gasteiger partial charge in [-0.05, 0) is 104 Å². The Kier molecular flexibility index (Phi) is 7.07. The molecule has 0 heteroatoms. The predicted octanol–water partition coefficient (Wildman–Crippen LogP) is 9.83. The fourth-order valence-electron chi connectivity index (χ4n) is 9.70. The Labute approximate surface area is 195 Å². The van der Waals surface area contributed by atoms with Crippen molar-refractivity contribution < 1.29 is 0 Å². The van der Waals surface area contributed by atoms with Gasteiger partial charge in [0, 0.05) is 0 Å². The van der Waals surface area contributed by atoms with Crippen molar-refractivity contribution in [3.63, 3.8) is 0 Å². The zero-order valence-corrected chi connectivity index (χ0v) is 22.2. The third-order valence-electron chi connectivity index (χ3n) is 11.1. The summed E-state index contributed by atoms with van der Waals surface area (Å²) in [7, 11) is 0. The molecule has 0 radical (unpaired) electrons. The fraction of sp³-hybridized carbons (Fsp3) is 0.935. The largest absolute Gasteiger partial charge is 0.0668 e. The molecule has 4 aliphatic carbocycles. The van der Waals surface area contributed by atoms with Crippen molar-refractivity contribution >= 4 is 0 Å². The van der Waals surface area contributed by atoms with Gasteiger partial charge in [0.25, 0.3) is 0 Å². The summed E-state index contributed by atoms with van der Waals surface area (Å²) in [6.07, 6.45) is 19.2. The highest BCUT2D eigenvalue weighted by molar-refractivity contribution is 5.34. The van der Waals surface area contributed by atoms with Crippen LogP contribution in [0.15, 0.2) is 11.1 Å². The maximum atomic E-state index is 2.75. The molecule has 0 bridgehead atoms. The van der Waals surface area contributed by atoms with Crippen LogP contribution in [0, 0.1) is 52.3 Å². The van der Waals surface area contributed by atoms with Gasteiger partial charge in [0.05, 0.1) is 0 Å². The predicted molar refractivity (Wildman–Crippen MR) is 136 cm³/mol. The van der Waals surface area contributed by atoms with Gasteiger partial charge in [-0.3, -0.25) is 0 Å². The first-order chi connectivity index (χ1) is 14.7. The van der Waals surface area contributed by atoms with Crippen LogP contribution in [0.5, 0.6) is 0 Å². The van der Waals surface area contributed by atoms with Crippen molar-refractivity contribution in [1.82, 2.24) is 0 Å². The quantitative estimate of drug-likeness (QED) is 0.355. The molecule has 0 nitrogen and oxygen atoms in total. The lowest BCUT2D eigenvalue weighted by molar-refractivity contribution is -0.0310. The van der Waals surface area contributed by atoms with Crippen molar-refractivity contribution in [2.45, 2.75) is 132 Å². The minimum Gasteiger partial charge on any atom is -0.0668 e. The van der Waals surface area contributed by atoms with E-state index >= 15 is 0 Å². The van der Waals surface area contributed by atoms with Crippen LogP contribution in [0.4, 0.5) is 0 Å². The molecule has 2 unspecified atom stereocenters. The monoisotopic (exact) mass is 426 g/mol. The molecule has 4 aliphatic rings. The van der Waals surface area contributed by atoms with E-state index in [4.69, 9.17) is 0 Å². The zero-order valence-electron chi connectivity index (χ0n) is 22.2. The van der Waals surface area contributed by atoms with Crippen LogP contribution in [0.1, 0.15) is 132 Å². The minimum atomic E-state index is 0.540. The maximum Gasteiger partial charge on any atom is -0.00825 e. The second kappa shape index (κ2) is 9.18. The van der Waals surface area contributed by atoms with Crippen molar-refractivity contribution in [3.8, 4) is 0 Å². The molecule has 0 amide bonds. The van der Waals surface area contributed by atoms with Crippen LogP contribution in [-0.2, 0) is 0 Å². The van der Waals surface area contributed by atoms with E-state index in [9.17, 15) is 0 Å². The highest BCUT2D eigenvalue weighted by atomic mass is 14.6. The summed E-state index contributed by atoms with van der Waals surface area (Å²) in [6, 6.07) is 0. The standard InChI is InChI=1S/C31H54/c1-21(2)10-8-11-23(5)26-15-16-28-25-13-14-27-24(20-22(3)4)12-9-18-30(27,6)29(25)17-19-31(26,28)7/h21-24,26-27,29H,8-20H2,1-7H3/t23-,24?,26-,27?,29+,30+,31-/m1/s1. The summed E-state index contributed by atoms with van der Waals surface area (Å²) in [5, 5.41) is 0. The highest BCUT2D eigenvalue weighted by Gasteiger charge is 2.56. The Morgan fingerprint density at radius 3 is 2.32 bits per heavy atom. The van der Waals surface area contributed by atoms with Gasteiger partial charge in [0.1, 0.15) is 0 Å². The lowest BCUT2D eigenvalue weighted by Gasteiger charge is -2.58. The van der Waals surface area contributed by atoms with Gasteiger partial charge < -0.3 is 0 Å². The fourth-order valence-corrected chi connectivity index (χ4v) is 9.70. The van der Waals surface area contributed by atoms with Crippen molar-refractivity contribution in [3.05, 3.63) is 11.1 Å². The first-order valence-electron chi connectivity index (χ1n) is 14.4. The third-order valence-corrected chi connectivity index (χ3v) is 11.1. The van der Waals surface area contributed by atoms with Crippen LogP contribution in [0.2, 0.25) is 0 Å². The number of allylic oxidation sites excluding steroid dienone is 2. The topological polar surface area (TPSA) is 0 Å². The first kappa shape index (κ1) is 23.9. The molecule has 3 fully saturated rings. The average molecular weight is 427 g/mol. The van der Waals surface area contributed by atoms with E-state index in [1.807, 2.05) is 11.1 Å². The van der Waals surface area contributed by atoms with Crippen molar-refractivity contribution in [2.24, 2.45) is 52.3 Å². The molecule has 178 valence electrons. The molecule has 3 saturated carbocycles. The minimum absolute atomic E-state index is 0.540. The van der Waals surface area contributed by atoms with E-state index < -0.39 is 0 Å². The number of rotatable bonds is 7. The van der Waals surface area contributed by atoms with E-state index in [0.717, 1.165) is 41.4 Å². The Morgan fingerprint density at radius 2 is 1.61 bits per heavy atom. The van der Waals surface area contributed by atoms with Crippen LogP contribution in [0.3, 0.4) is 0 Å². The molecule has 0 heterocycles. The van der Waals surface area contributed by atoms with Gasteiger partial charge in [-0.2, -0.15) is 0 Å². The molecule has 0 spiro atoms. The van der Waals surface area contributed by atoms with E-state index in [0.29, 0.717) is 10.8 Å². The molecular weight excluding hydrogens is 372 g/mol. The summed E-state index contributed by atoms with van der Waals surface area (Å²) in [5.41, 5.74) is 5.16. The Morgan fingerprint density at radius 1 is 0.839 bits per heavy atom. The Hall–Kier alpha value is -0.260. The number of hydrogen-bond donors (Lipinski definition) is 0. The molecule has 0 N–H and O–H groups in total. The SMILES string of the molecule is CC(C)CCC[C@@H](C)[C@H]1CCC2=C3CCC4C(CC(C)C)CCC[C@]4(C)[C@H]3CC[C@@]21C. The smallest absolute Gasteiger partial charge is 0.00825 e. The van der Waals surface area contributed by atoms with Gasteiger partial charge in [-0.1, -0.05) is 91.7 Å². The number of fused-ring (bicyclic) bond motifs is 4. The molecule has 0 saturated heterocycles. The van der Waals surface area contributed by atoms with Gasteiger partial charge in [-0.25, -0.2) is 0 Å². The highest BCUT2D eigenvalue weighted by Crippen LogP contribution is 2.66. The van der Waals surface area contributed by atoms with Crippen LogP contribution < -0.4 is 0 Å². The summed E-state index contributed by atoms with van der Waals surface area (Å²) in [5.74, 6) is 6.55. The second-order valence-corrected chi connectivity index (χ2v) is 13.9. The van der Waals surface area contributed by atoms with Crippen LogP contribution in [-0.4, -0.2) is 0 Å². The van der Waals surface area contributed by atoms with Gasteiger partial charge in [0.15, 0.2) is 0 Å². The molecule has 4 rings (SSSR count). The summed E-state index contributed by atoms with van der Waals surface area (Å²) in [4.78, 5) is 0. The lowest BCUT2D eigenvalue weighted by Crippen LogP contribution is -2.49. The van der Waals surface area contributed by atoms with E-state index in [1.165, 1.54) is 83.5 Å². The molecule has 7 atom stereocenters. The van der Waals surface area contributed by atoms with Gasteiger partial charge in [0.2, 0.25) is 0 Å². The normalized spacial score (nSPS) is 41.3. The van der Waals surface area contributed by atoms with E-state index in [2.05, 4.69) is 48.5 Å². The lowest BCUT2D eigenvalue weighted by atomic mass is 9.47. The number of hydrogen-bond acceptors (Lipinski definition) is 0. The molecule has 0 aromatic rings. The maximum absolute atomic E-state index is 2.75. The first-order valence-corrected chi connectivity index (χ1v) is 14.4. The van der Waals surface area contributed by atoms with Crippen molar-refractivity contribution in [2.75, 3.05) is 0 Å². The van der Waals surface area contributed by atoms with Gasteiger partial charge >= 0.3 is 0 Å². The van der Waals surface area contributed by atoms with Crippen molar-refractivity contribution in [1.29, 1.82) is 0 Å². The summed E-state index contributed by atoms with van der Waals surface area (Å²) in [6.45, 7) is 17.7. The summed E-state index contributed by atoms with van der Waals surface area (Å²) >= 11 is 0. The zero-order chi connectivity index (χ0) is 22.4. The molecular formula is C31H54. The molecule has 0 aliphatic heterocycles. The third kappa shape index (κ3) is 4.33.